The minimum absolute atomic E-state index is 0.0264. The lowest BCUT2D eigenvalue weighted by Crippen LogP contribution is -2.42. The Morgan fingerprint density at radius 2 is 1.83 bits per heavy atom. The number of fused-ring (bicyclic) bond motifs is 2. The number of amides is 2. The number of anilines is 1. The van der Waals surface area contributed by atoms with Crippen LogP contribution in [0.3, 0.4) is 0 Å². The number of hydrogen-bond donors (Lipinski definition) is 0. The summed E-state index contributed by atoms with van der Waals surface area (Å²) in [7, 11) is 4.96. The van der Waals surface area contributed by atoms with Gasteiger partial charge in [-0.1, -0.05) is 17.7 Å². The van der Waals surface area contributed by atoms with Crippen molar-refractivity contribution in [1.29, 1.82) is 0 Å². The van der Waals surface area contributed by atoms with E-state index in [0.717, 1.165) is 16.8 Å². The van der Waals surface area contributed by atoms with Crippen LogP contribution in [-0.4, -0.2) is 51.1 Å². The van der Waals surface area contributed by atoms with Crippen LogP contribution in [0.25, 0.3) is 0 Å². The van der Waals surface area contributed by atoms with Crippen molar-refractivity contribution >= 4 is 29.1 Å². The van der Waals surface area contributed by atoms with Gasteiger partial charge in [0.15, 0.2) is 0 Å². The number of halogens is 1. The highest BCUT2D eigenvalue weighted by atomic mass is 35.5. The molecule has 0 aliphatic carbocycles. The standard InChI is InChI=1S/C22H23ClN2O4/c1-24-19-7-6-15(28-2)11-17(19)22(21(24)27)8-9-25(13-22)20(26)10-14-4-5-16(29-3)12-18(14)23/h4-7,11-12H,8-10,13H2,1-3H3. The molecule has 4 rings (SSSR count). The van der Waals surface area contributed by atoms with Gasteiger partial charge >= 0.3 is 0 Å². The van der Waals surface area contributed by atoms with Crippen molar-refractivity contribution in [1.82, 2.24) is 4.90 Å². The van der Waals surface area contributed by atoms with E-state index in [1.54, 1.807) is 49.3 Å². The molecule has 1 saturated heterocycles. The van der Waals surface area contributed by atoms with E-state index >= 15 is 0 Å². The molecular formula is C22H23ClN2O4. The lowest BCUT2D eigenvalue weighted by molar-refractivity contribution is -0.130. The fraction of sp³-hybridized carbons (Fsp3) is 0.364. The first-order valence-corrected chi connectivity index (χ1v) is 9.84. The average Bonchev–Trinajstić information content (AvgIpc) is 3.27. The molecule has 2 aromatic carbocycles. The van der Waals surface area contributed by atoms with Crippen LogP contribution in [0.2, 0.25) is 5.02 Å². The maximum atomic E-state index is 13.1. The maximum Gasteiger partial charge on any atom is 0.239 e. The molecule has 0 saturated carbocycles. The number of nitrogens with zero attached hydrogens (tertiary/aromatic N) is 2. The molecule has 2 aliphatic heterocycles. The predicted molar refractivity (Wildman–Crippen MR) is 111 cm³/mol. The van der Waals surface area contributed by atoms with E-state index < -0.39 is 5.41 Å². The molecule has 1 fully saturated rings. The molecule has 1 spiro atoms. The summed E-state index contributed by atoms with van der Waals surface area (Å²) in [5.41, 5.74) is 1.85. The summed E-state index contributed by atoms with van der Waals surface area (Å²) in [6, 6.07) is 11.0. The van der Waals surface area contributed by atoms with E-state index in [1.165, 1.54) is 0 Å². The summed E-state index contributed by atoms with van der Waals surface area (Å²) < 4.78 is 10.5. The Morgan fingerprint density at radius 3 is 2.52 bits per heavy atom. The molecule has 2 heterocycles. The topological polar surface area (TPSA) is 59.1 Å². The Hall–Kier alpha value is -2.73. The van der Waals surface area contributed by atoms with Gasteiger partial charge in [0.2, 0.25) is 11.8 Å². The third-order valence-corrected chi connectivity index (χ3v) is 6.37. The van der Waals surface area contributed by atoms with Gasteiger partial charge in [0, 0.05) is 30.8 Å². The van der Waals surface area contributed by atoms with Crippen LogP contribution in [0, 0.1) is 0 Å². The normalized spacial score (nSPS) is 20.3. The predicted octanol–water partition coefficient (Wildman–Crippen LogP) is 3.05. The molecule has 0 N–H and O–H groups in total. The van der Waals surface area contributed by atoms with Gasteiger partial charge in [0.25, 0.3) is 0 Å². The van der Waals surface area contributed by atoms with Crippen LogP contribution in [0.4, 0.5) is 5.69 Å². The Bertz CT molecular complexity index is 993. The van der Waals surface area contributed by atoms with Crippen molar-refractivity contribution in [3.8, 4) is 11.5 Å². The number of methoxy groups -OCH3 is 2. The first kappa shape index (κ1) is 19.6. The largest absolute Gasteiger partial charge is 0.497 e. The smallest absolute Gasteiger partial charge is 0.239 e. The van der Waals surface area contributed by atoms with E-state index in [0.29, 0.717) is 36.0 Å². The van der Waals surface area contributed by atoms with Crippen LogP contribution in [0.15, 0.2) is 36.4 Å². The third kappa shape index (κ3) is 3.12. The van der Waals surface area contributed by atoms with E-state index in [4.69, 9.17) is 21.1 Å². The van der Waals surface area contributed by atoms with E-state index in [9.17, 15) is 9.59 Å². The third-order valence-electron chi connectivity index (χ3n) is 6.02. The lowest BCUT2D eigenvalue weighted by Gasteiger charge is -2.24. The monoisotopic (exact) mass is 414 g/mol. The van der Waals surface area contributed by atoms with Gasteiger partial charge in [0.1, 0.15) is 11.5 Å². The molecule has 0 radical (unpaired) electrons. The molecule has 7 heteroatoms. The molecule has 2 amide bonds. The molecule has 0 aromatic heterocycles. The van der Waals surface area contributed by atoms with Crippen molar-refractivity contribution < 1.29 is 19.1 Å². The van der Waals surface area contributed by atoms with E-state index in [2.05, 4.69) is 0 Å². The van der Waals surface area contributed by atoms with Crippen molar-refractivity contribution in [2.24, 2.45) is 0 Å². The zero-order valence-electron chi connectivity index (χ0n) is 16.7. The average molecular weight is 415 g/mol. The van der Waals surface area contributed by atoms with Gasteiger partial charge in [0.05, 0.1) is 26.1 Å². The molecule has 2 aromatic rings. The zero-order chi connectivity index (χ0) is 20.8. The summed E-state index contributed by atoms with van der Waals surface area (Å²) in [4.78, 5) is 29.6. The van der Waals surface area contributed by atoms with Gasteiger partial charge in [-0.3, -0.25) is 9.59 Å². The fourth-order valence-electron chi connectivity index (χ4n) is 4.35. The van der Waals surface area contributed by atoms with Gasteiger partial charge in [-0.15, -0.1) is 0 Å². The molecule has 29 heavy (non-hydrogen) atoms. The quantitative estimate of drug-likeness (QED) is 0.771. The van der Waals surface area contributed by atoms with Gasteiger partial charge in [-0.25, -0.2) is 0 Å². The highest BCUT2D eigenvalue weighted by Gasteiger charge is 2.54. The number of hydrogen-bond acceptors (Lipinski definition) is 4. The lowest BCUT2D eigenvalue weighted by atomic mass is 9.81. The number of ether oxygens (including phenoxy) is 2. The van der Waals surface area contributed by atoms with Crippen molar-refractivity contribution in [2.75, 3.05) is 39.3 Å². The Morgan fingerprint density at radius 1 is 1.14 bits per heavy atom. The molecular weight excluding hydrogens is 392 g/mol. The van der Waals surface area contributed by atoms with Crippen LogP contribution in [-0.2, 0) is 21.4 Å². The van der Waals surface area contributed by atoms with Gasteiger partial charge < -0.3 is 19.3 Å². The van der Waals surface area contributed by atoms with Gasteiger partial charge in [-0.05, 0) is 47.9 Å². The second-order valence-corrected chi connectivity index (χ2v) is 7.94. The number of carbonyl (C=O) groups excluding carboxylic acids is 2. The minimum Gasteiger partial charge on any atom is -0.497 e. The summed E-state index contributed by atoms with van der Waals surface area (Å²) in [6.07, 6.45) is 0.784. The molecule has 2 aliphatic rings. The van der Waals surface area contributed by atoms with Crippen molar-refractivity contribution in [3.05, 3.63) is 52.5 Å². The highest BCUT2D eigenvalue weighted by molar-refractivity contribution is 6.31. The van der Waals surface area contributed by atoms with Crippen LogP contribution in [0.5, 0.6) is 11.5 Å². The first-order valence-electron chi connectivity index (χ1n) is 9.46. The Balaban J connectivity index is 1.57. The Labute approximate surface area is 174 Å². The van der Waals surface area contributed by atoms with E-state index in [-0.39, 0.29) is 18.2 Å². The second-order valence-electron chi connectivity index (χ2n) is 7.53. The van der Waals surface area contributed by atoms with E-state index in [1.807, 2.05) is 18.2 Å². The van der Waals surface area contributed by atoms with Crippen molar-refractivity contribution in [2.45, 2.75) is 18.3 Å². The molecule has 1 unspecified atom stereocenters. The first-order chi connectivity index (χ1) is 13.9. The van der Waals surface area contributed by atoms with Crippen LogP contribution < -0.4 is 14.4 Å². The number of benzene rings is 2. The number of likely N-dealkylation sites (tertiary alicyclic amines) is 1. The van der Waals surface area contributed by atoms with Gasteiger partial charge in [-0.2, -0.15) is 0 Å². The minimum atomic E-state index is -0.710. The number of carbonyl (C=O) groups is 2. The summed E-state index contributed by atoms with van der Waals surface area (Å²) >= 11 is 6.30. The van der Waals surface area contributed by atoms with Crippen LogP contribution >= 0.6 is 11.6 Å². The highest BCUT2D eigenvalue weighted by Crippen LogP contribution is 2.48. The molecule has 6 nitrogen and oxygen atoms in total. The Kier molecular flexibility index (Phi) is 4.90. The molecule has 0 bridgehead atoms. The number of rotatable bonds is 4. The van der Waals surface area contributed by atoms with Crippen molar-refractivity contribution in [3.63, 3.8) is 0 Å². The maximum absolute atomic E-state index is 13.1. The summed E-state index contributed by atoms with van der Waals surface area (Å²) in [5, 5.41) is 0.498. The fourth-order valence-corrected chi connectivity index (χ4v) is 4.59. The number of likely N-dealkylation sites (N-methyl/N-ethyl adjacent to an activating group) is 1. The molecule has 152 valence electrons. The zero-order valence-corrected chi connectivity index (χ0v) is 17.5. The van der Waals surface area contributed by atoms with Crippen LogP contribution in [0.1, 0.15) is 17.5 Å². The second kappa shape index (κ2) is 7.26. The SMILES string of the molecule is COc1ccc(CC(=O)N2CCC3(C2)C(=O)N(C)c2ccc(OC)cc23)c(Cl)c1. The molecule has 1 atom stereocenters. The summed E-state index contributed by atoms with van der Waals surface area (Å²) in [5.74, 6) is 1.34. The summed E-state index contributed by atoms with van der Waals surface area (Å²) in [6.45, 7) is 0.895.